The van der Waals surface area contributed by atoms with Crippen LogP contribution in [0.25, 0.3) is 22.2 Å². The van der Waals surface area contributed by atoms with E-state index in [1.807, 2.05) is 23.1 Å². The first-order valence-electron chi connectivity index (χ1n) is 11.2. The largest absolute Gasteiger partial charge is 0.434 e. The molecule has 1 aliphatic rings. The standard InChI is InChI=1S/C23H23F2N7O3S/c1-36(33,34)31-10-8-30(9-11-31)23-26-13-18(14-27-23)16-6-7-19-20(12-16)32(29-28-19)15-17-4-2-3-5-21(17)35-22(24)25/h2-7,12-14,22H,8-11,15H2,1H3. The molecule has 10 nitrogen and oxygen atoms in total. The third kappa shape index (κ3) is 5.11. The molecule has 0 bridgehead atoms. The van der Waals surface area contributed by atoms with Crippen molar-refractivity contribution >= 4 is 27.0 Å². The number of halogens is 2. The lowest BCUT2D eigenvalue weighted by molar-refractivity contribution is -0.0505. The number of alkyl halides is 2. The van der Waals surface area contributed by atoms with Crippen LogP contribution in [-0.2, 0) is 16.6 Å². The van der Waals surface area contributed by atoms with Gasteiger partial charge in [-0.2, -0.15) is 13.1 Å². The van der Waals surface area contributed by atoms with Crippen molar-refractivity contribution in [2.24, 2.45) is 0 Å². The number of rotatable bonds is 7. The first kappa shape index (κ1) is 24.0. The van der Waals surface area contributed by atoms with Crippen molar-refractivity contribution in [1.29, 1.82) is 0 Å². The lowest BCUT2D eigenvalue weighted by Crippen LogP contribution is -2.48. The third-order valence-electron chi connectivity index (χ3n) is 5.98. The number of anilines is 1. The molecule has 0 atom stereocenters. The summed E-state index contributed by atoms with van der Waals surface area (Å²) in [6.45, 7) is -0.902. The summed E-state index contributed by atoms with van der Waals surface area (Å²) >= 11 is 0. The average molecular weight is 516 g/mol. The van der Waals surface area contributed by atoms with Gasteiger partial charge < -0.3 is 9.64 Å². The lowest BCUT2D eigenvalue weighted by Gasteiger charge is -2.33. The number of para-hydroxylation sites is 1. The molecule has 1 fully saturated rings. The molecule has 4 aromatic rings. The van der Waals surface area contributed by atoms with Gasteiger partial charge in [-0.3, -0.25) is 0 Å². The van der Waals surface area contributed by atoms with Crippen LogP contribution >= 0.6 is 0 Å². The summed E-state index contributed by atoms with van der Waals surface area (Å²) in [6, 6.07) is 12.2. The Hall–Kier alpha value is -3.71. The Bertz CT molecular complexity index is 1470. The molecular weight excluding hydrogens is 492 g/mol. The Labute approximate surface area is 206 Å². The number of nitrogens with zero attached hydrogens (tertiary/aromatic N) is 7. The second kappa shape index (κ2) is 9.74. The minimum absolute atomic E-state index is 0.0914. The highest BCUT2D eigenvalue weighted by atomic mass is 32.2. The SMILES string of the molecule is CS(=O)(=O)N1CCN(c2ncc(-c3ccc4nnn(Cc5ccccc5OC(F)F)c4c3)cn2)CC1. The van der Waals surface area contributed by atoms with Gasteiger partial charge in [0.05, 0.1) is 18.3 Å². The Morgan fingerprint density at radius 1 is 1.00 bits per heavy atom. The molecule has 1 saturated heterocycles. The van der Waals surface area contributed by atoms with E-state index in [1.54, 1.807) is 35.3 Å². The van der Waals surface area contributed by atoms with Crippen LogP contribution in [0.15, 0.2) is 54.9 Å². The molecule has 0 amide bonds. The summed E-state index contributed by atoms with van der Waals surface area (Å²) in [7, 11) is -3.21. The van der Waals surface area contributed by atoms with Gasteiger partial charge in [0.15, 0.2) is 0 Å². The molecule has 0 unspecified atom stereocenters. The maximum absolute atomic E-state index is 12.8. The van der Waals surface area contributed by atoms with Gasteiger partial charge >= 0.3 is 6.61 Å². The Balaban J connectivity index is 1.35. The third-order valence-corrected chi connectivity index (χ3v) is 7.29. The summed E-state index contributed by atoms with van der Waals surface area (Å²) in [4.78, 5) is 10.9. The van der Waals surface area contributed by atoms with Crippen LogP contribution in [0.2, 0.25) is 0 Å². The number of ether oxygens (including phenoxy) is 1. The Kier molecular flexibility index (Phi) is 6.49. The number of piperazine rings is 1. The zero-order chi connectivity index (χ0) is 25.3. The van der Waals surface area contributed by atoms with E-state index in [2.05, 4.69) is 25.0 Å². The summed E-state index contributed by atoms with van der Waals surface area (Å²) < 4.78 is 56.7. The molecule has 2 aromatic heterocycles. The van der Waals surface area contributed by atoms with Crippen LogP contribution in [-0.4, -0.2) is 76.7 Å². The highest BCUT2D eigenvalue weighted by Crippen LogP contribution is 2.26. The first-order valence-corrected chi connectivity index (χ1v) is 13.0. The van der Waals surface area contributed by atoms with Crippen LogP contribution in [0.4, 0.5) is 14.7 Å². The van der Waals surface area contributed by atoms with Gasteiger partial charge in [-0.05, 0) is 23.8 Å². The van der Waals surface area contributed by atoms with E-state index in [-0.39, 0.29) is 12.3 Å². The smallest absolute Gasteiger partial charge is 0.387 e. The molecule has 13 heteroatoms. The highest BCUT2D eigenvalue weighted by Gasteiger charge is 2.24. The zero-order valence-corrected chi connectivity index (χ0v) is 20.1. The van der Waals surface area contributed by atoms with Crippen molar-refractivity contribution in [3.8, 4) is 16.9 Å². The van der Waals surface area contributed by atoms with E-state index in [9.17, 15) is 17.2 Å². The molecule has 36 heavy (non-hydrogen) atoms. The normalized spacial score (nSPS) is 15.1. The van der Waals surface area contributed by atoms with Crippen LogP contribution in [0.5, 0.6) is 5.75 Å². The van der Waals surface area contributed by atoms with E-state index in [0.29, 0.717) is 43.2 Å². The van der Waals surface area contributed by atoms with E-state index in [1.165, 1.54) is 16.6 Å². The summed E-state index contributed by atoms with van der Waals surface area (Å²) in [6.07, 6.45) is 4.64. The van der Waals surface area contributed by atoms with Crippen LogP contribution in [0, 0.1) is 0 Å². The molecule has 0 N–H and O–H groups in total. The van der Waals surface area contributed by atoms with Gasteiger partial charge in [0.2, 0.25) is 16.0 Å². The van der Waals surface area contributed by atoms with Crippen molar-refractivity contribution in [2.75, 3.05) is 37.3 Å². The number of benzene rings is 2. The summed E-state index contributed by atoms with van der Waals surface area (Å²) in [5, 5.41) is 8.36. The van der Waals surface area contributed by atoms with Gasteiger partial charge in [0.25, 0.3) is 0 Å². The van der Waals surface area contributed by atoms with Crippen LogP contribution < -0.4 is 9.64 Å². The van der Waals surface area contributed by atoms with Gasteiger partial charge in [-0.25, -0.2) is 23.1 Å². The molecule has 0 saturated carbocycles. The van der Waals surface area contributed by atoms with E-state index in [0.717, 1.165) is 16.6 Å². The Morgan fingerprint density at radius 2 is 1.72 bits per heavy atom. The van der Waals surface area contributed by atoms with Crippen LogP contribution in [0.3, 0.4) is 0 Å². The number of sulfonamides is 1. The van der Waals surface area contributed by atoms with Gasteiger partial charge in [0, 0.05) is 49.7 Å². The van der Waals surface area contributed by atoms with Gasteiger partial charge in [0.1, 0.15) is 11.3 Å². The topological polar surface area (TPSA) is 106 Å². The fourth-order valence-corrected chi connectivity index (χ4v) is 4.95. The molecule has 5 rings (SSSR count). The van der Waals surface area contributed by atoms with Crippen molar-refractivity contribution in [1.82, 2.24) is 29.3 Å². The fraction of sp³-hybridized carbons (Fsp3) is 0.304. The second-order valence-electron chi connectivity index (χ2n) is 8.36. The number of aromatic nitrogens is 5. The summed E-state index contributed by atoms with van der Waals surface area (Å²) in [5.41, 5.74) is 3.56. The monoisotopic (exact) mass is 515 g/mol. The minimum Gasteiger partial charge on any atom is -0.434 e. The van der Waals surface area contributed by atoms with E-state index < -0.39 is 16.6 Å². The van der Waals surface area contributed by atoms with Crippen LogP contribution in [0.1, 0.15) is 5.56 Å². The highest BCUT2D eigenvalue weighted by molar-refractivity contribution is 7.88. The number of hydrogen-bond donors (Lipinski definition) is 0. The Morgan fingerprint density at radius 3 is 2.42 bits per heavy atom. The molecule has 0 aliphatic carbocycles. The molecule has 0 radical (unpaired) electrons. The zero-order valence-electron chi connectivity index (χ0n) is 19.3. The first-order chi connectivity index (χ1) is 17.3. The average Bonchev–Trinajstić information content (AvgIpc) is 3.26. The van der Waals surface area contributed by atoms with E-state index >= 15 is 0 Å². The lowest BCUT2D eigenvalue weighted by atomic mass is 10.1. The number of fused-ring (bicyclic) bond motifs is 1. The van der Waals surface area contributed by atoms with Crippen molar-refractivity contribution < 1.29 is 21.9 Å². The molecule has 3 heterocycles. The molecule has 2 aromatic carbocycles. The minimum atomic E-state index is -3.21. The van der Waals surface area contributed by atoms with E-state index in [4.69, 9.17) is 0 Å². The van der Waals surface area contributed by atoms with Gasteiger partial charge in [-0.15, -0.1) is 5.10 Å². The van der Waals surface area contributed by atoms with Crippen molar-refractivity contribution in [2.45, 2.75) is 13.2 Å². The maximum atomic E-state index is 12.8. The summed E-state index contributed by atoms with van der Waals surface area (Å²) in [5.74, 6) is 0.629. The predicted molar refractivity (Wildman–Crippen MR) is 129 cm³/mol. The number of hydrogen-bond acceptors (Lipinski definition) is 8. The predicted octanol–water partition coefficient (Wildman–Crippen LogP) is 2.62. The van der Waals surface area contributed by atoms with Gasteiger partial charge in [-0.1, -0.05) is 29.5 Å². The quantitative estimate of drug-likeness (QED) is 0.370. The van der Waals surface area contributed by atoms with Crippen molar-refractivity contribution in [3.05, 3.63) is 60.4 Å². The maximum Gasteiger partial charge on any atom is 0.387 e. The molecule has 188 valence electrons. The molecule has 0 spiro atoms. The fourth-order valence-electron chi connectivity index (χ4n) is 4.12. The molecule has 1 aliphatic heterocycles. The van der Waals surface area contributed by atoms with Crippen molar-refractivity contribution in [3.63, 3.8) is 0 Å². The molecular formula is C23H23F2N7O3S. The second-order valence-corrected chi connectivity index (χ2v) is 10.3.